The smallest absolute Gasteiger partial charge is 0.188 e. The molecule has 0 atom stereocenters. The Morgan fingerprint density at radius 3 is 2.20 bits per heavy atom. The third kappa shape index (κ3) is 2.70. The van der Waals surface area contributed by atoms with Gasteiger partial charge in [-0.1, -0.05) is 0 Å². The number of rotatable bonds is 0. The van der Waals surface area contributed by atoms with Gasteiger partial charge in [-0.3, -0.25) is 5.41 Å². The molecule has 0 amide bonds. The standard InChI is InChI=1S/C5H12N4.HI/c6-5(7)9-3-1-8-2-4-9;/h8H,1-4H2,(H3,6,7);1H. The van der Waals surface area contributed by atoms with Crippen LogP contribution in [0.1, 0.15) is 0 Å². The summed E-state index contributed by atoms with van der Waals surface area (Å²) < 4.78 is 0. The summed E-state index contributed by atoms with van der Waals surface area (Å²) in [5.41, 5.74) is 5.25. The number of hydrogen-bond donors (Lipinski definition) is 3. The molecular formula is C5H13IN4. The maximum Gasteiger partial charge on any atom is 0.188 e. The van der Waals surface area contributed by atoms with Crippen molar-refractivity contribution in [3.63, 3.8) is 0 Å². The zero-order valence-corrected chi connectivity index (χ0v) is 8.09. The van der Waals surface area contributed by atoms with Gasteiger partial charge >= 0.3 is 0 Å². The van der Waals surface area contributed by atoms with E-state index in [1.165, 1.54) is 0 Å². The molecule has 1 heterocycles. The van der Waals surface area contributed by atoms with Gasteiger partial charge < -0.3 is 16.0 Å². The highest BCUT2D eigenvalue weighted by Gasteiger charge is 2.08. The van der Waals surface area contributed by atoms with E-state index in [0.717, 1.165) is 26.2 Å². The molecule has 1 saturated heterocycles. The van der Waals surface area contributed by atoms with Crippen molar-refractivity contribution >= 4 is 29.9 Å². The van der Waals surface area contributed by atoms with E-state index in [0.29, 0.717) is 0 Å². The quantitative estimate of drug-likeness (QED) is 0.308. The fourth-order valence-corrected chi connectivity index (χ4v) is 0.906. The average molecular weight is 256 g/mol. The van der Waals surface area contributed by atoms with E-state index in [2.05, 4.69) is 5.32 Å². The van der Waals surface area contributed by atoms with Gasteiger partial charge in [0.15, 0.2) is 5.96 Å². The third-order valence-electron chi connectivity index (χ3n) is 1.46. The highest BCUT2D eigenvalue weighted by Crippen LogP contribution is 1.88. The predicted molar refractivity (Wildman–Crippen MR) is 51.8 cm³/mol. The third-order valence-corrected chi connectivity index (χ3v) is 1.46. The first-order valence-electron chi connectivity index (χ1n) is 3.10. The summed E-state index contributed by atoms with van der Waals surface area (Å²) in [6, 6.07) is 0. The summed E-state index contributed by atoms with van der Waals surface area (Å²) in [6.07, 6.45) is 0. The molecule has 1 rings (SSSR count). The molecule has 60 valence electrons. The second-order valence-corrected chi connectivity index (χ2v) is 2.12. The molecule has 4 nitrogen and oxygen atoms in total. The number of guanidine groups is 1. The molecular weight excluding hydrogens is 243 g/mol. The maximum atomic E-state index is 7.06. The van der Waals surface area contributed by atoms with Crippen molar-refractivity contribution < 1.29 is 0 Å². The number of piperazine rings is 1. The van der Waals surface area contributed by atoms with Crippen molar-refractivity contribution in [1.29, 1.82) is 5.41 Å². The molecule has 5 heteroatoms. The molecule has 1 aliphatic rings. The van der Waals surface area contributed by atoms with Gasteiger partial charge in [0, 0.05) is 26.2 Å². The van der Waals surface area contributed by atoms with Crippen LogP contribution in [0.2, 0.25) is 0 Å². The SMILES string of the molecule is I.N=C(N)N1CCNCC1. The summed E-state index contributed by atoms with van der Waals surface area (Å²) in [5, 5.41) is 10.2. The average Bonchev–Trinajstić information content (AvgIpc) is 1.90. The number of hydrogen-bond acceptors (Lipinski definition) is 2. The van der Waals surface area contributed by atoms with Gasteiger partial charge in [0.05, 0.1) is 0 Å². The molecule has 0 aromatic heterocycles. The van der Waals surface area contributed by atoms with E-state index in [-0.39, 0.29) is 29.9 Å². The summed E-state index contributed by atoms with van der Waals surface area (Å²) in [6.45, 7) is 3.63. The van der Waals surface area contributed by atoms with Crippen LogP contribution in [0, 0.1) is 5.41 Å². The highest BCUT2D eigenvalue weighted by molar-refractivity contribution is 14.0. The minimum Gasteiger partial charge on any atom is -0.370 e. The van der Waals surface area contributed by atoms with Gasteiger partial charge in [0.2, 0.25) is 0 Å². The fraction of sp³-hybridized carbons (Fsp3) is 0.800. The molecule has 0 spiro atoms. The normalized spacial score (nSPS) is 17.8. The van der Waals surface area contributed by atoms with Crippen LogP contribution in [0.4, 0.5) is 0 Å². The van der Waals surface area contributed by atoms with E-state index in [1.54, 1.807) is 0 Å². The van der Waals surface area contributed by atoms with Crippen LogP contribution in [0.25, 0.3) is 0 Å². The van der Waals surface area contributed by atoms with Gasteiger partial charge in [-0.05, 0) is 0 Å². The van der Waals surface area contributed by atoms with E-state index in [9.17, 15) is 0 Å². The molecule has 0 bridgehead atoms. The Labute approximate surface area is 77.7 Å². The molecule has 4 N–H and O–H groups in total. The molecule has 0 aromatic rings. The Balaban J connectivity index is 0.000000810. The molecule has 0 unspecified atom stereocenters. The lowest BCUT2D eigenvalue weighted by molar-refractivity contribution is 0.352. The van der Waals surface area contributed by atoms with Crippen LogP contribution in [0.3, 0.4) is 0 Å². The largest absolute Gasteiger partial charge is 0.370 e. The number of nitrogens with zero attached hydrogens (tertiary/aromatic N) is 1. The van der Waals surface area contributed by atoms with Crippen molar-refractivity contribution in [3.05, 3.63) is 0 Å². The fourth-order valence-electron chi connectivity index (χ4n) is 0.906. The number of nitrogens with one attached hydrogen (secondary N) is 2. The predicted octanol–water partition coefficient (Wildman–Crippen LogP) is -0.597. The lowest BCUT2D eigenvalue weighted by Gasteiger charge is -2.27. The molecule has 0 saturated carbocycles. The first-order chi connectivity index (χ1) is 4.30. The van der Waals surface area contributed by atoms with Gasteiger partial charge in [0.1, 0.15) is 0 Å². The van der Waals surface area contributed by atoms with Crippen molar-refractivity contribution in [2.45, 2.75) is 0 Å². The van der Waals surface area contributed by atoms with Crippen LogP contribution in [-0.2, 0) is 0 Å². The van der Waals surface area contributed by atoms with Gasteiger partial charge in [-0.15, -0.1) is 24.0 Å². The van der Waals surface area contributed by atoms with Crippen molar-refractivity contribution in [1.82, 2.24) is 10.2 Å². The minimum absolute atomic E-state index is 0. The van der Waals surface area contributed by atoms with Gasteiger partial charge in [-0.2, -0.15) is 0 Å². The van der Waals surface area contributed by atoms with Crippen LogP contribution in [-0.4, -0.2) is 37.0 Å². The van der Waals surface area contributed by atoms with Gasteiger partial charge in [-0.25, -0.2) is 0 Å². The van der Waals surface area contributed by atoms with E-state index < -0.39 is 0 Å². The molecule has 0 aliphatic carbocycles. The molecule has 0 aromatic carbocycles. The monoisotopic (exact) mass is 256 g/mol. The second-order valence-electron chi connectivity index (χ2n) is 2.12. The topological polar surface area (TPSA) is 65.1 Å². The van der Waals surface area contributed by atoms with Crippen molar-refractivity contribution in [2.24, 2.45) is 5.73 Å². The maximum absolute atomic E-state index is 7.06. The summed E-state index contributed by atoms with van der Waals surface area (Å²) in [7, 11) is 0. The Kier molecular flexibility index (Phi) is 4.71. The van der Waals surface area contributed by atoms with E-state index >= 15 is 0 Å². The summed E-state index contributed by atoms with van der Waals surface area (Å²) in [5.74, 6) is 0.191. The van der Waals surface area contributed by atoms with Crippen LogP contribution in [0.15, 0.2) is 0 Å². The van der Waals surface area contributed by atoms with E-state index in [1.807, 2.05) is 4.90 Å². The first-order valence-corrected chi connectivity index (χ1v) is 3.10. The molecule has 1 fully saturated rings. The zero-order chi connectivity index (χ0) is 6.69. The zero-order valence-electron chi connectivity index (χ0n) is 5.76. The summed E-state index contributed by atoms with van der Waals surface area (Å²) >= 11 is 0. The van der Waals surface area contributed by atoms with Crippen LogP contribution in [0.5, 0.6) is 0 Å². The Bertz CT molecular complexity index is 110. The molecule has 0 radical (unpaired) electrons. The van der Waals surface area contributed by atoms with Crippen molar-refractivity contribution in [3.8, 4) is 0 Å². The number of nitrogens with two attached hydrogens (primary N) is 1. The van der Waals surface area contributed by atoms with Crippen molar-refractivity contribution in [2.75, 3.05) is 26.2 Å². The second kappa shape index (κ2) is 4.73. The minimum atomic E-state index is 0. The lowest BCUT2D eigenvalue weighted by Crippen LogP contribution is -2.48. The first kappa shape index (κ1) is 9.96. The Morgan fingerprint density at radius 2 is 1.90 bits per heavy atom. The number of halogens is 1. The van der Waals surface area contributed by atoms with Crippen LogP contribution >= 0.6 is 24.0 Å². The summed E-state index contributed by atoms with van der Waals surface area (Å²) in [4.78, 5) is 1.86. The lowest BCUT2D eigenvalue weighted by atomic mass is 10.4. The van der Waals surface area contributed by atoms with E-state index in [4.69, 9.17) is 11.1 Å². The highest BCUT2D eigenvalue weighted by atomic mass is 127. The van der Waals surface area contributed by atoms with Gasteiger partial charge in [0.25, 0.3) is 0 Å². The Morgan fingerprint density at radius 1 is 1.40 bits per heavy atom. The van der Waals surface area contributed by atoms with Crippen LogP contribution < -0.4 is 11.1 Å². The molecule has 10 heavy (non-hydrogen) atoms. The molecule has 1 aliphatic heterocycles. The Hall–Kier alpha value is -0.0400.